The highest BCUT2D eigenvalue weighted by Gasteiger charge is 2.27. The van der Waals surface area contributed by atoms with E-state index >= 15 is 0 Å². The van der Waals surface area contributed by atoms with Gasteiger partial charge in [0.25, 0.3) is 0 Å². The van der Waals surface area contributed by atoms with Gasteiger partial charge in [0.15, 0.2) is 0 Å². The van der Waals surface area contributed by atoms with Crippen LogP contribution in [0.3, 0.4) is 0 Å². The number of rotatable bonds is 5. The Labute approximate surface area is 76.5 Å². The van der Waals surface area contributed by atoms with Gasteiger partial charge < -0.3 is 0 Å². The molecule has 0 fully saturated rings. The zero-order valence-electron chi connectivity index (χ0n) is 7.58. The summed E-state index contributed by atoms with van der Waals surface area (Å²) in [6, 6.07) is 0. The Bertz CT molecular complexity index is 277. The van der Waals surface area contributed by atoms with Gasteiger partial charge in [0.05, 0.1) is 13.2 Å². The summed E-state index contributed by atoms with van der Waals surface area (Å²) in [5, 5.41) is 3.72. The van der Waals surface area contributed by atoms with Crippen molar-refractivity contribution in [3.8, 4) is 0 Å². The molecule has 0 spiro atoms. The lowest BCUT2D eigenvalue weighted by Crippen LogP contribution is -2.05. The first-order valence-electron chi connectivity index (χ1n) is 3.97. The molecule has 0 atom stereocenters. The minimum absolute atomic E-state index is 0.303. The van der Waals surface area contributed by atoms with E-state index in [2.05, 4.69) is 10.1 Å². The fraction of sp³-hybridized carbons (Fsp3) is 0.667. The van der Waals surface area contributed by atoms with Crippen LogP contribution in [0.2, 0.25) is 0 Å². The molecule has 1 rings (SSSR count). The molecule has 0 bridgehead atoms. The number of nitrogens with zero attached hydrogens (tertiary/aromatic N) is 3. The minimum atomic E-state index is -3.28. The highest BCUT2D eigenvalue weighted by Crippen LogP contribution is 2.47. The van der Waals surface area contributed by atoms with Crippen LogP contribution in [0.5, 0.6) is 0 Å². The van der Waals surface area contributed by atoms with Gasteiger partial charge >= 0.3 is 7.75 Å². The van der Waals surface area contributed by atoms with E-state index in [1.807, 2.05) is 0 Å². The van der Waals surface area contributed by atoms with Gasteiger partial charge in [-0.05, 0) is 13.8 Å². The Morgan fingerprint density at radius 2 is 2.00 bits per heavy atom. The normalized spacial score (nSPS) is 11.8. The Kier molecular flexibility index (Phi) is 3.59. The van der Waals surface area contributed by atoms with Crippen LogP contribution in [0.15, 0.2) is 12.7 Å². The van der Waals surface area contributed by atoms with Crippen molar-refractivity contribution in [2.75, 3.05) is 13.2 Å². The van der Waals surface area contributed by atoms with Crippen molar-refractivity contribution in [1.82, 2.24) is 14.5 Å². The first kappa shape index (κ1) is 10.4. The summed E-state index contributed by atoms with van der Waals surface area (Å²) in [6.07, 6.45) is 2.59. The standard InChI is InChI=1S/C6H12N3O3P/c1-3-11-13(10,12-4-2)9-6-7-5-8-9/h5-6H,3-4H2,1-2H3. The Hall–Kier alpha value is -0.710. The van der Waals surface area contributed by atoms with E-state index in [1.54, 1.807) is 13.8 Å². The second-order valence-corrected chi connectivity index (χ2v) is 3.98. The average Bonchev–Trinajstić information content (AvgIpc) is 2.57. The van der Waals surface area contributed by atoms with Crippen LogP contribution >= 0.6 is 7.75 Å². The average molecular weight is 205 g/mol. The molecule has 1 aromatic heterocycles. The van der Waals surface area contributed by atoms with Gasteiger partial charge in [-0.15, -0.1) is 5.10 Å². The summed E-state index contributed by atoms with van der Waals surface area (Å²) < 4.78 is 23.0. The smallest absolute Gasteiger partial charge is 0.291 e. The third-order valence-electron chi connectivity index (χ3n) is 1.24. The fourth-order valence-corrected chi connectivity index (χ4v) is 2.13. The van der Waals surface area contributed by atoms with E-state index in [-0.39, 0.29) is 0 Å². The lowest BCUT2D eigenvalue weighted by molar-refractivity contribution is 0.209. The SMILES string of the molecule is CCOP(=O)(OCC)n1cncn1. The third-order valence-corrected chi connectivity index (χ3v) is 3.12. The van der Waals surface area contributed by atoms with Crippen LogP contribution in [0.4, 0.5) is 0 Å². The highest BCUT2D eigenvalue weighted by atomic mass is 31.2. The van der Waals surface area contributed by atoms with Gasteiger partial charge in [-0.2, -0.15) is 4.45 Å². The van der Waals surface area contributed by atoms with E-state index in [0.717, 1.165) is 4.45 Å². The Morgan fingerprint density at radius 1 is 1.38 bits per heavy atom. The predicted octanol–water partition coefficient (Wildman–Crippen LogP) is 1.31. The second-order valence-electron chi connectivity index (χ2n) is 2.12. The summed E-state index contributed by atoms with van der Waals surface area (Å²) in [5.41, 5.74) is 0. The molecule has 6 nitrogen and oxygen atoms in total. The van der Waals surface area contributed by atoms with Crippen molar-refractivity contribution < 1.29 is 13.6 Å². The molecule has 0 saturated heterocycles. The Balaban J connectivity index is 2.85. The molecular formula is C6H12N3O3P. The molecule has 7 heteroatoms. The summed E-state index contributed by atoms with van der Waals surface area (Å²) in [5.74, 6) is 0. The molecule has 13 heavy (non-hydrogen) atoms. The fourth-order valence-electron chi connectivity index (χ4n) is 0.810. The van der Waals surface area contributed by atoms with Crippen LogP contribution in [-0.4, -0.2) is 27.7 Å². The topological polar surface area (TPSA) is 66.2 Å². The van der Waals surface area contributed by atoms with E-state index in [1.165, 1.54) is 12.7 Å². The van der Waals surface area contributed by atoms with Gasteiger partial charge in [-0.25, -0.2) is 9.55 Å². The molecule has 1 aromatic rings. The molecule has 0 aliphatic carbocycles. The third kappa shape index (κ3) is 2.37. The molecule has 0 aromatic carbocycles. The van der Waals surface area contributed by atoms with Crippen LogP contribution in [0.1, 0.15) is 13.8 Å². The van der Waals surface area contributed by atoms with Gasteiger partial charge in [-0.3, -0.25) is 9.05 Å². The maximum atomic E-state index is 11.9. The van der Waals surface area contributed by atoms with E-state index < -0.39 is 7.75 Å². The maximum Gasteiger partial charge on any atom is 0.456 e. The molecule has 0 aliphatic heterocycles. The van der Waals surface area contributed by atoms with Crippen LogP contribution in [0.25, 0.3) is 0 Å². The molecule has 0 aliphatic rings. The monoisotopic (exact) mass is 205 g/mol. The molecule has 1 heterocycles. The molecule has 0 amide bonds. The molecule has 0 radical (unpaired) electrons. The van der Waals surface area contributed by atoms with Crippen molar-refractivity contribution in [3.63, 3.8) is 0 Å². The second kappa shape index (κ2) is 4.50. The van der Waals surface area contributed by atoms with Gasteiger partial charge in [0.2, 0.25) is 0 Å². The molecule has 0 saturated carbocycles. The number of hydrogen-bond acceptors (Lipinski definition) is 5. The van der Waals surface area contributed by atoms with Crippen molar-refractivity contribution >= 4 is 7.75 Å². The summed E-state index contributed by atoms with van der Waals surface area (Å²) >= 11 is 0. The summed E-state index contributed by atoms with van der Waals surface area (Å²) in [6.45, 7) is 4.08. The minimum Gasteiger partial charge on any atom is -0.291 e. The summed E-state index contributed by atoms with van der Waals surface area (Å²) in [7, 11) is -3.28. The molecule has 74 valence electrons. The first-order valence-corrected chi connectivity index (χ1v) is 5.47. The van der Waals surface area contributed by atoms with E-state index in [4.69, 9.17) is 9.05 Å². The van der Waals surface area contributed by atoms with Gasteiger partial charge in [-0.1, -0.05) is 0 Å². The summed E-state index contributed by atoms with van der Waals surface area (Å²) in [4.78, 5) is 3.67. The van der Waals surface area contributed by atoms with Crippen molar-refractivity contribution in [2.45, 2.75) is 13.8 Å². The van der Waals surface area contributed by atoms with Crippen LogP contribution in [0, 0.1) is 0 Å². The largest absolute Gasteiger partial charge is 0.456 e. The van der Waals surface area contributed by atoms with Crippen molar-refractivity contribution in [2.24, 2.45) is 0 Å². The molecule has 0 N–H and O–H groups in total. The first-order chi connectivity index (χ1) is 6.23. The van der Waals surface area contributed by atoms with Crippen molar-refractivity contribution in [3.05, 3.63) is 12.7 Å². The van der Waals surface area contributed by atoms with E-state index in [0.29, 0.717) is 13.2 Å². The van der Waals surface area contributed by atoms with Gasteiger partial charge in [0.1, 0.15) is 12.7 Å². The van der Waals surface area contributed by atoms with Crippen LogP contribution in [-0.2, 0) is 13.6 Å². The van der Waals surface area contributed by atoms with Crippen molar-refractivity contribution in [1.29, 1.82) is 0 Å². The molecule has 0 unspecified atom stereocenters. The van der Waals surface area contributed by atoms with Crippen LogP contribution < -0.4 is 0 Å². The van der Waals surface area contributed by atoms with E-state index in [9.17, 15) is 4.57 Å². The number of aromatic nitrogens is 3. The van der Waals surface area contributed by atoms with Gasteiger partial charge in [0, 0.05) is 0 Å². The lowest BCUT2D eigenvalue weighted by Gasteiger charge is -2.15. The zero-order chi connectivity index (χ0) is 9.73. The zero-order valence-corrected chi connectivity index (χ0v) is 8.48. The Morgan fingerprint density at radius 3 is 2.38 bits per heavy atom. The molecular weight excluding hydrogens is 193 g/mol. The number of hydrogen-bond donors (Lipinski definition) is 0. The quantitative estimate of drug-likeness (QED) is 0.678. The maximum absolute atomic E-state index is 11.9. The predicted molar refractivity (Wildman–Crippen MR) is 46.3 cm³/mol. The highest BCUT2D eigenvalue weighted by molar-refractivity contribution is 7.52. The lowest BCUT2D eigenvalue weighted by atomic mass is 10.9.